The lowest BCUT2D eigenvalue weighted by atomic mass is 10.0. The summed E-state index contributed by atoms with van der Waals surface area (Å²) in [6.45, 7) is 4.99. The van der Waals surface area contributed by atoms with Gasteiger partial charge in [0.15, 0.2) is 0 Å². The Morgan fingerprint density at radius 1 is 1.60 bits per heavy atom. The minimum Gasteiger partial charge on any atom is -0.396 e. The lowest BCUT2D eigenvalue weighted by Crippen LogP contribution is -2.41. The number of aromatic amines is 1. The monoisotopic (exact) mass is 213 g/mol. The Morgan fingerprint density at radius 2 is 2.33 bits per heavy atom. The quantitative estimate of drug-likeness (QED) is 0.638. The topological polar surface area (TPSA) is 72.4 Å². The number of hydrogen-bond donors (Lipinski definition) is 3. The zero-order valence-corrected chi connectivity index (χ0v) is 9.27. The number of aliphatic hydroxyl groups excluding tert-OH is 1. The van der Waals surface area contributed by atoms with E-state index >= 15 is 0 Å². The van der Waals surface area contributed by atoms with Crippen molar-refractivity contribution in [3.05, 3.63) is 12.3 Å². The van der Waals surface area contributed by atoms with Gasteiger partial charge in [-0.1, -0.05) is 0 Å². The largest absolute Gasteiger partial charge is 0.396 e. The van der Waals surface area contributed by atoms with E-state index in [1.165, 1.54) is 0 Å². The van der Waals surface area contributed by atoms with E-state index in [1.54, 1.807) is 13.1 Å². The Hall–Kier alpha value is -1.07. The third-order valence-electron chi connectivity index (χ3n) is 2.39. The van der Waals surface area contributed by atoms with E-state index in [0.29, 0.717) is 13.0 Å². The normalized spacial score (nSPS) is 14.9. The highest BCUT2D eigenvalue weighted by molar-refractivity contribution is 5.36. The van der Waals surface area contributed by atoms with Crippen molar-refractivity contribution in [1.82, 2.24) is 10.2 Å². The van der Waals surface area contributed by atoms with E-state index in [2.05, 4.69) is 10.2 Å². The Kier molecular flexibility index (Phi) is 4.11. The van der Waals surface area contributed by atoms with Crippen LogP contribution in [0.4, 0.5) is 5.82 Å². The van der Waals surface area contributed by atoms with Gasteiger partial charge in [0.25, 0.3) is 0 Å². The summed E-state index contributed by atoms with van der Waals surface area (Å²) in [4.78, 5) is 1.99. The molecule has 15 heavy (non-hydrogen) atoms. The summed E-state index contributed by atoms with van der Waals surface area (Å²) in [5, 5.41) is 25.5. The maximum absolute atomic E-state index is 9.98. The van der Waals surface area contributed by atoms with Gasteiger partial charge in [-0.3, -0.25) is 5.10 Å². The molecule has 0 saturated carbocycles. The SMILES string of the molecule is CCN(CC(C)(O)CCO)c1ccn[nH]1. The first-order valence-electron chi connectivity index (χ1n) is 5.16. The third-order valence-corrected chi connectivity index (χ3v) is 2.39. The van der Waals surface area contributed by atoms with Crippen LogP contribution in [0.25, 0.3) is 0 Å². The van der Waals surface area contributed by atoms with Gasteiger partial charge in [0.05, 0.1) is 11.8 Å². The van der Waals surface area contributed by atoms with Crippen LogP contribution in [0.1, 0.15) is 20.3 Å². The molecular formula is C10H19N3O2. The molecule has 1 aromatic rings. The predicted octanol–water partition coefficient (Wildman–Crippen LogP) is 0.369. The summed E-state index contributed by atoms with van der Waals surface area (Å²) < 4.78 is 0. The van der Waals surface area contributed by atoms with Gasteiger partial charge in [-0.05, 0) is 13.8 Å². The zero-order valence-electron chi connectivity index (χ0n) is 9.27. The molecule has 0 radical (unpaired) electrons. The van der Waals surface area contributed by atoms with Gasteiger partial charge in [0.1, 0.15) is 5.82 Å². The van der Waals surface area contributed by atoms with Crippen molar-refractivity contribution < 1.29 is 10.2 Å². The molecule has 0 amide bonds. The average molecular weight is 213 g/mol. The molecule has 1 aromatic heterocycles. The van der Waals surface area contributed by atoms with E-state index in [4.69, 9.17) is 5.11 Å². The van der Waals surface area contributed by atoms with Gasteiger partial charge in [-0.2, -0.15) is 5.10 Å². The summed E-state index contributed by atoms with van der Waals surface area (Å²) in [6, 6.07) is 1.86. The fraction of sp³-hybridized carbons (Fsp3) is 0.700. The van der Waals surface area contributed by atoms with Crippen molar-refractivity contribution in [2.45, 2.75) is 25.9 Å². The molecule has 0 aliphatic heterocycles. The van der Waals surface area contributed by atoms with Crippen LogP contribution in [0.5, 0.6) is 0 Å². The molecule has 0 fully saturated rings. The van der Waals surface area contributed by atoms with Gasteiger partial charge < -0.3 is 15.1 Å². The maximum atomic E-state index is 9.98. The van der Waals surface area contributed by atoms with Crippen LogP contribution >= 0.6 is 0 Å². The molecular weight excluding hydrogens is 194 g/mol. The van der Waals surface area contributed by atoms with E-state index in [0.717, 1.165) is 12.4 Å². The number of nitrogens with zero attached hydrogens (tertiary/aromatic N) is 2. The molecule has 0 aromatic carbocycles. The zero-order chi connectivity index (χ0) is 11.3. The fourth-order valence-corrected chi connectivity index (χ4v) is 1.52. The van der Waals surface area contributed by atoms with Crippen LogP contribution in [-0.4, -0.2) is 45.7 Å². The lowest BCUT2D eigenvalue weighted by Gasteiger charge is -2.30. The summed E-state index contributed by atoms with van der Waals surface area (Å²) in [5.41, 5.74) is -0.879. The summed E-state index contributed by atoms with van der Waals surface area (Å²) in [5.74, 6) is 0.885. The Balaban J connectivity index is 2.61. The minimum absolute atomic E-state index is 0.00642. The second-order valence-corrected chi connectivity index (χ2v) is 3.93. The molecule has 0 saturated heterocycles. The lowest BCUT2D eigenvalue weighted by molar-refractivity contribution is 0.0399. The molecule has 1 heterocycles. The van der Waals surface area contributed by atoms with Crippen LogP contribution < -0.4 is 4.90 Å². The molecule has 1 atom stereocenters. The van der Waals surface area contributed by atoms with Gasteiger partial charge in [0.2, 0.25) is 0 Å². The molecule has 5 heteroatoms. The van der Waals surface area contributed by atoms with Crippen molar-refractivity contribution in [2.24, 2.45) is 0 Å². The fourth-order valence-electron chi connectivity index (χ4n) is 1.52. The highest BCUT2D eigenvalue weighted by atomic mass is 16.3. The number of likely N-dealkylation sites (N-methyl/N-ethyl adjacent to an activating group) is 1. The molecule has 86 valence electrons. The minimum atomic E-state index is -0.879. The van der Waals surface area contributed by atoms with Gasteiger partial charge >= 0.3 is 0 Å². The molecule has 0 aliphatic carbocycles. The van der Waals surface area contributed by atoms with Crippen LogP contribution in [0, 0.1) is 0 Å². The predicted molar refractivity (Wildman–Crippen MR) is 58.8 cm³/mol. The summed E-state index contributed by atoms with van der Waals surface area (Å²) in [7, 11) is 0. The summed E-state index contributed by atoms with van der Waals surface area (Å²) in [6.07, 6.45) is 2.05. The third kappa shape index (κ3) is 3.53. The van der Waals surface area contributed by atoms with E-state index in [9.17, 15) is 5.11 Å². The Labute approximate surface area is 89.7 Å². The Bertz CT molecular complexity index is 272. The van der Waals surface area contributed by atoms with Gasteiger partial charge in [-0.15, -0.1) is 0 Å². The van der Waals surface area contributed by atoms with Gasteiger partial charge in [0, 0.05) is 32.2 Å². The van der Waals surface area contributed by atoms with E-state index < -0.39 is 5.60 Å². The van der Waals surface area contributed by atoms with E-state index in [1.807, 2.05) is 17.9 Å². The highest BCUT2D eigenvalue weighted by Gasteiger charge is 2.23. The number of aromatic nitrogens is 2. The highest BCUT2D eigenvalue weighted by Crippen LogP contribution is 2.16. The number of aliphatic hydroxyl groups is 2. The molecule has 0 aliphatic rings. The van der Waals surface area contributed by atoms with Gasteiger partial charge in [-0.25, -0.2) is 0 Å². The van der Waals surface area contributed by atoms with Crippen LogP contribution in [0.15, 0.2) is 12.3 Å². The van der Waals surface area contributed by atoms with Crippen molar-refractivity contribution in [1.29, 1.82) is 0 Å². The second kappa shape index (κ2) is 5.14. The van der Waals surface area contributed by atoms with E-state index in [-0.39, 0.29) is 6.61 Å². The van der Waals surface area contributed by atoms with Crippen molar-refractivity contribution in [2.75, 3.05) is 24.6 Å². The smallest absolute Gasteiger partial charge is 0.124 e. The molecule has 0 bridgehead atoms. The van der Waals surface area contributed by atoms with Crippen LogP contribution in [0.3, 0.4) is 0 Å². The van der Waals surface area contributed by atoms with Crippen molar-refractivity contribution >= 4 is 5.82 Å². The number of anilines is 1. The maximum Gasteiger partial charge on any atom is 0.124 e. The summed E-state index contributed by atoms with van der Waals surface area (Å²) >= 11 is 0. The first kappa shape index (κ1) is 12.0. The molecule has 0 spiro atoms. The molecule has 5 nitrogen and oxygen atoms in total. The van der Waals surface area contributed by atoms with Crippen LogP contribution in [0.2, 0.25) is 0 Å². The van der Waals surface area contributed by atoms with Crippen molar-refractivity contribution in [3.63, 3.8) is 0 Å². The average Bonchev–Trinajstić information content (AvgIpc) is 2.67. The number of rotatable bonds is 6. The number of H-pyrrole nitrogens is 1. The number of nitrogens with one attached hydrogen (secondary N) is 1. The molecule has 1 unspecified atom stereocenters. The van der Waals surface area contributed by atoms with Crippen LogP contribution in [-0.2, 0) is 0 Å². The van der Waals surface area contributed by atoms with Crippen molar-refractivity contribution in [3.8, 4) is 0 Å². The molecule has 3 N–H and O–H groups in total. The molecule has 1 rings (SSSR count). The number of hydrogen-bond acceptors (Lipinski definition) is 4. The first-order chi connectivity index (χ1) is 7.09. The second-order valence-electron chi connectivity index (χ2n) is 3.93. The standard InChI is InChI=1S/C10H19N3O2/c1-3-13(9-4-6-11-12-9)8-10(2,15)5-7-14/h4,6,14-15H,3,5,7-8H2,1-2H3,(H,11,12). The first-order valence-corrected chi connectivity index (χ1v) is 5.16. The Morgan fingerprint density at radius 3 is 2.80 bits per heavy atom.